The van der Waals surface area contributed by atoms with Crippen molar-refractivity contribution in [2.24, 2.45) is 0 Å². The lowest BCUT2D eigenvalue weighted by molar-refractivity contribution is -0.318. The largest absolute Gasteiger partial charge is 0.507 e. The zero-order valence-corrected chi connectivity index (χ0v) is 25.8. The summed E-state index contributed by atoms with van der Waals surface area (Å²) in [5, 5.41) is 82.0. The molecule has 3 aromatic rings. The van der Waals surface area contributed by atoms with Crippen LogP contribution in [0.4, 0.5) is 0 Å². The molecule has 0 amide bonds. The normalized spacial score (nSPS) is 30.7. The first-order valence-electron chi connectivity index (χ1n) is 13.9. The van der Waals surface area contributed by atoms with Crippen LogP contribution in [0.1, 0.15) is 6.92 Å². The fourth-order valence-electron chi connectivity index (χ4n) is 4.92. The Bertz CT molecular complexity index is 1740. The molecule has 2 aliphatic heterocycles. The van der Waals surface area contributed by atoms with Gasteiger partial charge in [0.05, 0.1) is 19.8 Å². The summed E-state index contributed by atoms with van der Waals surface area (Å²) >= 11 is 0. The Labute approximate surface area is 270 Å². The van der Waals surface area contributed by atoms with Crippen LogP contribution in [0.25, 0.3) is 22.3 Å². The van der Waals surface area contributed by atoms with Crippen LogP contribution < -0.4 is 14.9 Å². The average Bonchev–Trinajstić information content (AvgIpc) is 3.00. The maximum absolute atomic E-state index is 12.8. The molecule has 0 unspecified atom stereocenters. The first kappa shape index (κ1) is 37.2. The van der Waals surface area contributed by atoms with Crippen LogP contribution in [0.15, 0.2) is 45.6 Å². The van der Waals surface area contributed by atoms with Crippen molar-refractivity contribution in [1.29, 1.82) is 0 Å². The molecular weight excluding hydrogens is 672 g/mol. The smallest absolute Gasteiger partial charge is 0.394 e. The van der Waals surface area contributed by atoms with Gasteiger partial charge in [0.25, 0.3) is 0 Å². The Balaban J connectivity index is 0.000000968. The minimum absolute atomic E-state index is 0.0517. The van der Waals surface area contributed by atoms with Gasteiger partial charge in [0.15, 0.2) is 23.2 Å². The van der Waals surface area contributed by atoms with Gasteiger partial charge in [-0.05, 0) is 25.1 Å². The first-order valence-corrected chi connectivity index (χ1v) is 15.3. The van der Waals surface area contributed by atoms with Crippen LogP contribution in [-0.2, 0) is 24.6 Å². The highest BCUT2D eigenvalue weighted by Gasteiger charge is 2.47. The molecule has 266 valence electrons. The molecule has 0 aliphatic carbocycles. The zero-order valence-electron chi connectivity index (χ0n) is 25.0. The van der Waals surface area contributed by atoms with Crippen molar-refractivity contribution in [1.82, 2.24) is 0 Å². The van der Waals surface area contributed by atoms with Gasteiger partial charge in [-0.25, -0.2) is 0 Å². The molecule has 3 heterocycles. The molecule has 10 N–H and O–H groups in total. The van der Waals surface area contributed by atoms with Crippen LogP contribution in [0.5, 0.6) is 23.0 Å². The summed E-state index contributed by atoms with van der Waals surface area (Å²) in [6.45, 7) is 0.953. The number of methoxy groups -OCH3 is 1. The molecule has 0 saturated carbocycles. The van der Waals surface area contributed by atoms with Crippen LogP contribution in [0, 0.1) is 0 Å². The molecule has 2 aromatic carbocycles. The lowest BCUT2D eigenvalue weighted by Gasteiger charge is -2.42. The lowest BCUT2D eigenvalue weighted by Crippen LogP contribution is -2.61. The number of hydrogen-bond donors (Lipinski definition) is 10. The standard InChI is InChI=1S/C28H32O15.H2O4S/c1-10-21(32)23(34)25(36)27(40-10)39-9-19-22(33)24(35)26(37)28(43-19)41-12-6-14(30)20-15(31)8-17(42-18(20)7-12)11-3-4-16(38-2)13(29)5-11;1-5(2,3)4/h3-8,10,19,21-30,32-37H,9H2,1-2H3;(H2,1,2,3,4)/t10-,19+,21-,22+,23+,24-,25+,26+,27+,28+;/m0./s1. The molecule has 20 heteroatoms. The van der Waals surface area contributed by atoms with E-state index in [1.807, 2.05) is 0 Å². The third-order valence-corrected chi connectivity index (χ3v) is 7.40. The highest BCUT2D eigenvalue weighted by Crippen LogP contribution is 2.35. The fraction of sp³-hybridized carbons (Fsp3) is 0.464. The molecule has 1 aromatic heterocycles. The predicted octanol–water partition coefficient (Wildman–Crippen LogP) is -1.74. The van der Waals surface area contributed by atoms with Gasteiger partial charge in [0, 0.05) is 23.8 Å². The number of fused-ring (bicyclic) bond motifs is 1. The summed E-state index contributed by atoms with van der Waals surface area (Å²) in [6, 6.07) is 7.78. The van der Waals surface area contributed by atoms with E-state index in [1.165, 1.54) is 32.2 Å². The molecule has 2 saturated heterocycles. The second kappa shape index (κ2) is 14.9. The predicted molar refractivity (Wildman–Crippen MR) is 158 cm³/mol. The van der Waals surface area contributed by atoms with Crippen LogP contribution >= 0.6 is 0 Å². The lowest BCUT2D eigenvalue weighted by atomic mass is 9.98. The number of aliphatic hydroxyl groups is 6. The van der Waals surface area contributed by atoms with E-state index in [-0.39, 0.29) is 34.0 Å². The minimum Gasteiger partial charge on any atom is -0.507 e. The minimum atomic E-state index is -4.67. The monoisotopic (exact) mass is 706 g/mol. The van der Waals surface area contributed by atoms with Crippen LogP contribution in [0.3, 0.4) is 0 Å². The van der Waals surface area contributed by atoms with Crippen molar-refractivity contribution in [3.63, 3.8) is 0 Å². The number of aromatic hydroxyl groups is 2. The summed E-state index contributed by atoms with van der Waals surface area (Å²) in [5.41, 5.74) is -0.381. The number of hydrogen-bond acceptors (Lipinski definition) is 17. The molecule has 0 radical (unpaired) electrons. The molecule has 2 fully saturated rings. The van der Waals surface area contributed by atoms with Gasteiger partial charge in [0.1, 0.15) is 71.0 Å². The highest BCUT2D eigenvalue weighted by atomic mass is 32.3. The highest BCUT2D eigenvalue weighted by molar-refractivity contribution is 7.79. The second-order valence-corrected chi connectivity index (χ2v) is 11.7. The average molecular weight is 707 g/mol. The van der Waals surface area contributed by atoms with Crippen LogP contribution in [0.2, 0.25) is 0 Å². The third kappa shape index (κ3) is 8.49. The molecule has 5 rings (SSSR count). The number of aliphatic hydroxyl groups excluding tert-OH is 6. The number of ether oxygens (including phenoxy) is 5. The van der Waals surface area contributed by atoms with Gasteiger partial charge < -0.3 is 69.0 Å². The summed E-state index contributed by atoms with van der Waals surface area (Å²) in [7, 11) is -3.29. The van der Waals surface area contributed by atoms with E-state index in [0.717, 1.165) is 12.1 Å². The van der Waals surface area contributed by atoms with Crippen LogP contribution in [-0.4, -0.2) is 134 Å². The molecular formula is C28H34O19S. The van der Waals surface area contributed by atoms with Crippen molar-refractivity contribution in [2.75, 3.05) is 13.7 Å². The molecule has 48 heavy (non-hydrogen) atoms. The molecule has 10 atom stereocenters. The maximum Gasteiger partial charge on any atom is 0.394 e. The van der Waals surface area contributed by atoms with Gasteiger partial charge >= 0.3 is 10.4 Å². The number of phenols is 2. The summed E-state index contributed by atoms with van der Waals surface area (Å²) < 4.78 is 64.5. The van der Waals surface area contributed by atoms with E-state index in [2.05, 4.69) is 0 Å². The summed E-state index contributed by atoms with van der Waals surface area (Å²) in [6.07, 6.45) is -15.0. The van der Waals surface area contributed by atoms with Crippen molar-refractivity contribution in [3.05, 3.63) is 46.6 Å². The SMILES string of the molecule is COc1ccc(-c2cc(=O)c3c(O)cc(O[C@@H]4O[C@H](CO[C@@H]5O[C@@H](C)[C@H](O)[C@@H](O)[C@H]5O)[C@@H](O)[C@H](O)[C@H]4O)cc3o2)cc1O.O=S(=O)(O)O. The van der Waals surface area contributed by atoms with E-state index in [1.54, 1.807) is 6.07 Å². The number of rotatable bonds is 7. The number of phenolic OH excluding ortho intramolecular Hbond substituents is 2. The first-order chi connectivity index (χ1) is 22.4. The van der Waals surface area contributed by atoms with Crippen molar-refractivity contribution in [3.8, 4) is 34.3 Å². The second-order valence-electron chi connectivity index (χ2n) is 10.8. The Morgan fingerprint density at radius 2 is 1.42 bits per heavy atom. The molecule has 19 nitrogen and oxygen atoms in total. The van der Waals surface area contributed by atoms with E-state index in [9.17, 15) is 45.6 Å². The van der Waals surface area contributed by atoms with E-state index < -0.39 is 89.6 Å². The quantitative estimate of drug-likeness (QED) is 0.122. The van der Waals surface area contributed by atoms with Crippen molar-refractivity contribution in [2.45, 2.75) is 68.3 Å². The van der Waals surface area contributed by atoms with Gasteiger partial charge in [-0.3, -0.25) is 13.9 Å². The van der Waals surface area contributed by atoms with Crippen molar-refractivity contribution >= 4 is 21.4 Å². The fourth-order valence-corrected chi connectivity index (χ4v) is 4.92. The summed E-state index contributed by atoms with van der Waals surface area (Å²) in [5.74, 6) is -0.605. The Morgan fingerprint density at radius 1 is 0.792 bits per heavy atom. The Kier molecular flexibility index (Phi) is 11.5. The van der Waals surface area contributed by atoms with Gasteiger partial charge in [-0.1, -0.05) is 0 Å². The molecule has 0 bridgehead atoms. The van der Waals surface area contributed by atoms with E-state index >= 15 is 0 Å². The number of benzene rings is 2. The topological polar surface area (TPSA) is 313 Å². The van der Waals surface area contributed by atoms with Gasteiger partial charge in [-0.2, -0.15) is 8.42 Å². The summed E-state index contributed by atoms with van der Waals surface area (Å²) in [4.78, 5) is 12.8. The third-order valence-electron chi connectivity index (χ3n) is 7.40. The Hall–Kier alpha value is -3.64. The van der Waals surface area contributed by atoms with Gasteiger partial charge in [0.2, 0.25) is 6.29 Å². The van der Waals surface area contributed by atoms with E-state index in [0.29, 0.717) is 5.56 Å². The maximum atomic E-state index is 12.8. The van der Waals surface area contributed by atoms with E-state index in [4.69, 9.17) is 45.6 Å². The van der Waals surface area contributed by atoms with Gasteiger partial charge in [-0.15, -0.1) is 0 Å². The zero-order chi connectivity index (χ0) is 35.7. The molecule has 0 spiro atoms. The molecule has 2 aliphatic rings. The Morgan fingerprint density at radius 3 is 2.04 bits per heavy atom. The van der Waals surface area contributed by atoms with Crippen molar-refractivity contribution < 1.29 is 86.5 Å².